The molecule has 1 unspecified atom stereocenters. The minimum absolute atomic E-state index is 0.330. The first kappa shape index (κ1) is 14.0. The van der Waals surface area contributed by atoms with Gasteiger partial charge in [0.15, 0.2) is 5.92 Å². The Morgan fingerprint density at radius 3 is 2.71 bits per heavy atom. The molecule has 0 bridgehead atoms. The summed E-state index contributed by atoms with van der Waals surface area (Å²) in [6, 6.07) is 1.88. The van der Waals surface area contributed by atoms with Crippen molar-refractivity contribution in [3.8, 4) is 0 Å². The van der Waals surface area contributed by atoms with E-state index in [0.717, 1.165) is 5.56 Å². The third-order valence-corrected chi connectivity index (χ3v) is 2.94. The van der Waals surface area contributed by atoms with Crippen LogP contribution in [0, 0.1) is 5.92 Å². The molecule has 0 saturated heterocycles. The van der Waals surface area contributed by atoms with Crippen LogP contribution >= 0.6 is 11.3 Å². The van der Waals surface area contributed by atoms with Gasteiger partial charge in [0.05, 0.1) is 0 Å². The number of alkyl halides is 3. The van der Waals surface area contributed by atoms with Crippen LogP contribution in [0.4, 0.5) is 13.2 Å². The van der Waals surface area contributed by atoms with Gasteiger partial charge in [-0.3, -0.25) is 4.79 Å². The number of aliphatic carboxylic acids is 1. The molecular weight excluding hydrogens is 255 g/mol. The van der Waals surface area contributed by atoms with E-state index in [-0.39, 0.29) is 0 Å². The summed E-state index contributed by atoms with van der Waals surface area (Å²) in [6.45, 7) is -0.264. The molecule has 0 spiro atoms. The molecule has 0 aromatic carbocycles. The average molecular weight is 267 g/mol. The maximum Gasteiger partial charge on any atom is 0.403 e. The molecule has 7 heteroatoms. The monoisotopic (exact) mass is 267 g/mol. The number of hydrogen-bond acceptors (Lipinski definition) is 3. The lowest BCUT2D eigenvalue weighted by Crippen LogP contribution is -2.39. The summed E-state index contributed by atoms with van der Waals surface area (Å²) in [6.07, 6.45) is -4.12. The van der Waals surface area contributed by atoms with Crippen molar-refractivity contribution in [2.45, 2.75) is 12.6 Å². The summed E-state index contributed by atoms with van der Waals surface area (Å²) >= 11 is 1.51. The van der Waals surface area contributed by atoms with E-state index in [1.54, 1.807) is 0 Å². The number of halogens is 3. The molecule has 96 valence electrons. The van der Waals surface area contributed by atoms with Gasteiger partial charge in [0.2, 0.25) is 0 Å². The SMILES string of the molecule is O=C(O)C(CNCCc1ccsc1)C(F)(F)F. The fraction of sp³-hybridized carbons (Fsp3) is 0.500. The van der Waals surface area contributed by atoms with E-state index < -0.39 is 24.6 Å². The third-order valence-electron chi connectivity index (χ3n) is 2.21. The molecule has 1 atom stereocenters. The van der Waals surface area contributed by atoms with Crippen LogP contribution in [0.2, 0.25) is 0 Å². The van der Waals surface area contributed by atoms with Crippen molar-refractivity contribution in [3.05, 3.63) is 22.4 Å². The van der Waals surface area contributed by atoms with Crippen LogP contribution < -0.4 is 5.32 Å². The van der Waals surface area contributed by atoms with Gasteiger partial charge in [0.25, 0.3) is 0 Å². The molecule has 0 fully saturated rings. The molecule has 17 heavy (non-hydrogen) atoms. The van der Waals surface area contributed by atoms with Crippen LogP contribution in [0.1, 0.15) is 5.56 Å². The largest absolute Gasteiger partial charge is 0.481 e. The Bertz CT molecular complexity index is 351. The molecule has 0 aliphatic rings. The number of nitrogens with one attached hydrogen (secondary N) is 1. The second kappa shape index (κ2) is 6.02. The summed E-state index contributed by atoms with van der Waals surface area (Å²) in [4.78, 5) is 10.4. The van der Waals surface area contributed by atoms with Gasteiger partial charge in [-0.05, 0) is 35.4 Å². The van der Waals surface area contributed by atoms with E-state index >= 15 is 0 Å². The smallest absolute Gasteiger partial charge is 0.403 e. The molecule has 1 aromatic rings. The normalized spacial score (nSPS) is 13.6. The van der Waals surface area contributed by atoms with Gasteiger partial charge in [-0.2, -0.15) is 24.5 Å². The lowest BCUT2D eigenvalue weighted by Gasteiger charge is -2.16. The van der Waals surface area contributed by atoms with Crippen molar-refractivity contribution in [2.75, 3.05) is 13.1 Å². The molecule has 1 rings (SSSR count). The van der Waals surface area contributed by atoms with Gasteiger partial charge < -0.3 is 10.4 Å². The van der Waals surface area contributed by atoms with Crippen molar-refractivity contribution in [3.63, 3.8) is 0 Å². The zero-order valence-corrected chi connectivity index (χ0v) is 9.64. The van der Waals surface area contributed by atoms with Gasteiger partial charge >= 0.3 is 12.1 Å². The molecule has 3 nitrogen and oxygen atoms in total. The fourth-order valence-corrected chi connectivity index (χ4v) is 1.96. The average Bonchev–Trinajstić information content (AvgIpc) is 2.67. The highest BCUT2D eigenvalue weighted by Crippen LogP contribution is 2.25. The van der Waals surface area contributed by atoms with Gasteiger partial charge in [-0.15, -0.1) is 0 Å². The molecule has 1 aromatic heterocycles. The molecule has 0 aliphatic carbocycles. The van der Waals surface area contributed by atoms with Gasteiger partial charge in [-0.1, -0.05) is 0 Å². The second-order valence-corrected chi connectivity index (χ2v) is 4.30. The predicted molar refractivity (Wildman–Crippen MR) is 58.1 cm³/mol. The maximum absolute atomic E-state index is 12.3. The third kappa shape index (κ3) is 4.74. The summed E-state index contributed by atoms with van der Waals surface area (Å²) in [5.74, 6) is -4.19. The van der Waals surface area contributed by atoms with Crippen LogP contribution in [0.15, 0.2) is 16.8 Å². The first-order valence-electron chi connectivity index (χ1n) is 4.92. The van der Waals surface area contributed by atoms with E-state index in [1.807, 2.05) is 16.8 Å². The van der Waals surface area contributed by atoms with Crippen molar-refractivity contribution in [1.29, 1.82) is 0 Å². The summed E-state index contributed by atoms with van der Waals surface area (Å²) < 4.78 is 36.8. The molecule has 1 heterocycles. The van der Waals surface area contributed by atoms with E-state index in [2.05, 4.69) is 5.32 Å². The number of carboxylic acid groups (broad SMARTS) is 1. The number of hydrogen-bond donors (Lipinski definition) is 2. The highest BCUT2D eigenvalue weighted by Gasteiger charge is 2.44. The first-order valence-corrected chi connectivity index (χ1v) is 5.87. The fourth-order valence-electron chi connectivity index (χ4n) is 1.26. The highest BCUT2D eigenvalue weighted by atomic mass is 32.1. The molecular formula is C10H12F3NO2S. The Kier molecular flexibility index (Phi) is 4.95. The minimum Gasteiger partial charge on any atom is -0.481 e. The minimum atomic E-state index is -4.71. The summed E-state index contributed by atoms with van der Waals surface area (Å²) in [5.41, 5.74) is 1.03. The van der Waals surface area contributed by atoms with Crippen molar-refractivity contribution < 1.29 is 23.1 Å². The predicted octanol–water partition coefficient (Wildman–Crippen LogP) is 2.14. The Labute approximate surface area is 100 Å². The van der Waals surface area contributed by atoms with Gasteiger partial charge in [0.1, 0.15) is 0 Å². The van der Waals surface area contributed by atoms with Crippen molar-refractivity contribution >= 4 is 17.3 Å². The molecule has 2 N–H and O–H groups in total. The number of carboxylic acids is 1. The van der Waals surface area contributed by atoms with E-state index in [9.17, 15) is 18.0 Å². The van der Waals surface area contributed by atoms with Crippen LogP contribution in [-0.4, -0.2) is 30.3 Å². The molecule has 0 radical (unpaired) electrons. The van der Waals surface area contributed by atoms with E-state index in [0.29, 0.717) is 13.0 Å². The Balaban J connectivity index is 2.31. The molecule has 0 aliphatic heterocycles. The highest BCUT2D eigenvalue weighted by molar-refractivity contribution is 7.07. The standard InChI is InChI=1S/C10H12F3NO2S/c11-10(12,13)8(9(15)16)5-14-3-1-7-2-4-17-6-7/h2,4,6,8,14H,1,3,5H2,(H,15,16). The van der Waals surface area contributed by atoms with Crippen LogP contribution in [-0.2, 0) is 11.2 Å². The lowest BCUT2D eigenvalue weighted by atomic mass is 10.1. The Morgan fingerprint density at radius 1 is 1.53 bits per heavy atom. The summed E-state index contributed by atoms with van der Waals surface area (Å²) in [7, 11) is 0. The van der Waals surface area contributed by atoms with Crippen molar-refractivity contribution in [1.82, 2.24) is 5.32 Å². The molecule has 0 saturated carbocycles. The van der Waals surface area contributed by atoms with Gasteiger partial charge in [0, 0.05) is 6.54 Å². The Hall–Kier alpha value is -1.08. The lowest BCUT2D eigenvalue weighted by molar-refractivity contribution is -0.192. The van der Waals surface area contributed by atoms with Gasteiger partial charge in [-0.25, -0.2) is 0 Å². The zero-order valence-electron chi connectivity index (χ0n) is 8.83. The summed E-state index contributed by atoms with van der Waals surface area (Å²) in [5, 5.41) is 14.7. The number of carbonyl (C=O) groups is 1. The number of thiophene rings is 1. The van der Waals surface area contributed by atoms with Crippen LogP contribution in [0.5, 0.6) is 0 Å². The topological polar surface area (TPSA) is 49.3 Å². The van der Waals surface area contributed by atoms with Crippen molar-refractivity contribution in [2.24, 2.45) is 5.92 Å². The molecule has 0 amide bonds. The van der Waals surface area contributed by atoms with E-state index in [4.69, 9.17) is 5.11 Å². The van der Waals surface area contributed by atoms with E-state index in [1.165, 1.54) is 11.3 Å². The number of rotatable bonds is 6. The second-order valence-electron chi connectivity index (χ2n) is 3.52. The van der Waals surface area contributed by atoms with Crippen LogP contribution in [0.25, 0.3) is 0 Å². The van der Waals surface area contributed by atoms with Crippen LogP contribution in [0.3, 0.4) is 0 Å². The quantitative estimate of drug-likeness (QED) is 0.776. The maximum atomic E-state index is 12.3. The first-order chi connectivity index (χ1) is 7.91. The Morgan fingerprint density at radius 2 is 2.24 bits per heavy atom. The zero-order chi connectivity index (χ0) is 12.9.